The molecular weight excluding hydrogens is 312 g/mol. The monoisotopic (exact) mass is 334 g/mol. The predicted molar refractivity (Wildman–Crippen MR) is 82.9 cm³/mol. The van der Waals surface area contributed by atoms with Gasteiger partial charge in [-0.1, -0.05) is 18.0 Å². The molecule has 21 heavy (non-hydrogen) atoms. The summed E-state index contributed by atoms with van der Waals surface area (Å²) in [7, 11) is -1.96. The van der Waals surface area contributed by atoms with Gasteiger partial charge in [0.2, 0.25) is 5.03 Å². The van der Waals surface area contributed by atoms with Gasteiger partial charge in [-0.05, 0) is 39.3 Å². The molecule has 1 aliphatic rings. The maximum absolute atomic E-state index is 12.1. The van der Waals surface area contributed by atoms with Gasteiger partial charge in [0.15, 0.2) is 0 Å². The smallest absolute Gasteiger partial charge is 0.261 e. The minimum absolute atomic E-state index is 0.0991. The van der Waals surface area contributed by atoms with Crippen LogP contribution in [-0.2, 0) is 17.1 Å². The minimum Gasteiger partial charge on any atom is -0.324 e. The van der Waals surface area contributed by atoms with Gasteiger partial charge in [-0.15, -0.1) is 0 Å². The van der Waals surface area contributed by atoms with E-state index in [1.807, 2.05) is 0 Å². The number of rotatable bonds is 6. The van der Waals surface area contributed by atoms with Crippen LogP contribution in [0.1, 0.15) is 32.6 Å². The number of piperidine rings is 1. The van der Waals surface area contributed by atoms with E-state index in [0.717, 1.165) is 19.5 Å². The highest BCUT2D eigenvalue weighted by Gasteiger charge is 2.22. The van der Waals surface area contributed by atoms with Crippen LogP contribution in [0.15, 0.2) is 11.4 Å². The van der Waals surface area contributed by atoms with Crippen molar-refractivity contribution in [1.82, 2.24) is 19.2 Å². The Morgan fingerprint density at radius 3 is 2.86 bits per heavy atom. The number of hydrogen-bond acceptors (Lipinski definition) is 4. The van der Waals surface area contributed by atoms with Crippen LogP contribution in [0.5, 0.6) is 0 Å². The Kier molecular flexibility index (Phi) is 5.65. The standard InChI is InChI=1S/C13H23ClN4O2S/c1-11-6-3-4-8-18(11)9-5-7-16-21(19,20)13-12(14)17(2)10-15-13/h10-11,16H,3-9H2,1-2H3. The van der Waals surface area contributed by atoms with Crippen molar-refractivity contribution < 1.29 is 8.42 Å². The topological polar surface area (TPSA) is 67.2 Å². The fourth-order valence-corrected chi connectivity index (χ4v) is 4.12. The highest BCUT2D eigenvalue weighted by Crippen LogP contribution is 2.18. The second kappa shape index (κ2) is 7.09. The first kappa shape index (κ1) is 16.7. The zero-order chi connectivity index (χ0) is 15.5. The van der Waals surface area contributed by atoms with Crippen LogP contribution in [0, 0.1) is 0 Å². The quantitative estimate of drug-likeness (QED) is 0.803. The molecule has 0 bridgehead atoms. The lowest BCUT2D eigenvalue weighted by Crippen LogP contribution is -2.39. The van der Waals surface area contributed by atoms with Gasteiger partial charge in [-0.3, -0.25) is 0 Å². The van der Waals surface area contributed by atoms with Crippen molar-refractivity contribution in [1.29, 1.82) is 0 Å². The summed E-state index contributed by atoms with van der Waals surface area (Å²) in [6, 6.07) is 0.598. The van der Waals surface area contributed by atoms with Crippen molar-refractivity contribution in [2.24, 2.45) is 7.05 Å². The molecule has 8 heteroatoms. The first-order valence-corrected chi connectivity index (χ1v) is 9.18. The number of aryl methyl sites for hydroxylation is 1. The second-order valence-corrected chi connectivity index (χ2v) is 7.62. The summed E-state index contributed by atoms with van der Waals surface area (Å²) < 4.78 is 28.2. The average molecular weight is 335 g/mol. The van der Waals surface area contributed by atoms with Crippen LogP contribution in [0.3, 0.4) is 0 Å². The Morgan fingerprint density at radius 2 is 2.24 bits per heavy atom. The minimum atomic E-state index is -3.62. The van der Waals surface area contributed by atoms with E-state index in [9.17, 15) is 8.42 Å². The van der Waals surface area contributed by atoms with Gasteiger partial charge in [0.05, 0.1) is 6.33 Å². The molecule has 1 aromatic heterocycles. The van der Waals surface area contributed by atoms with Gasteiger partial charge in [0.1, 0.15) is 5.15 Å². The molecule has 1 atom stereocenters. The van der Waals surface area contributed by atoms with Gasteiger partial charge >= 0.3 is 0 Å². The fourth-order valence-electron chi connectivity index (χ4n) is 2.62. The number of imidazole rings is 1. The van der Waals surface area contributed by atoms with Gasteiger partial charge in [0, 0.05) is 19.6 Å². The first-order valence-electron chi connectivity index (χ1n) is 7.32. The normalized spacial score (nSPS) is 20.8. The van der Waals surface area contributed by atoms with E-state index in [4.69, 9.17) is 11.6 Å². The lowest BCUT2D eigenvalue weighted by Gasteiger charge is -2.33. The zero-order valence-corrected chi connectivity index (χ0v) is 14.1. The fraction of sp³-hybridized carbons (Fsp3) is 0.769. The Hall–Kier alpha value is -0.630. The van der Waals surface area contributed by atoms with E-state index < -0.39 is 10.0 Å². The molecule has 2 heterocycles. The summed E-state index contributed by atoms with van der Waals surface area (Å²) >= 11 is 5.92. The van der Waals surface area contributed by atoms with Crippen LogP contribution in [-0.4, -0.2) is 48.5 Å². The Balaban J connectivity index is 1.81. The number of likely N-dealkylation sites (tertiary alicyclic amines) is 1. The average Bonchev–Trinajstić information content (AvgIpc) is 2.77. The summed E-state index contributed by atoms with van der Waals surface area (Å²) in [5.74, 6) is 0. The molecule has 1 unspecified atom stereocenters. The predicted octanol–water partition coefficient (Wildman–Crippen LogP) is 1.62. The molecule has 6 nitrogen and oxygen atoms in total. The van der Waals surface area contributed by atoms with Crippen LogP contribution >= 0.6 is 11.6 Å². The number of nitrogens with one attached hydrogen (secondary N) is 1. The van der Waals surface area contributed by atoms with E-state index in [-0.39, 0.29) is 10.2 Å². The Morgan fingerprint density at radius 1 is 1.48 bits per heavy atom. The summed E-state index contributed by atoms with van der Waals surface area (Å²) in [4.78, 5) is 6.26. The molecule has 2 rings (SSSR count). The number of nitrogens with zero attached hydrogens (tertiary/aromatic N) is 3. The number of sulfonamides is 1. The van der Waals surface area contributed by atoms with E-state index in [1.54, 1.807) is 7.05 Å². The largest absolute Gasteiger partial charge is 0.324 e. The second-order valence-electron chi connectivity index (χ2n) is 5.58. The molecule has 0 aromatic carbocycles. The maximum Gasteiger partial charge on any atom is 0.261 e. The van der Waals surface area contributed by atoms with Gasteiger partial charge < -0.3 is 9.47 Å². The SMILES string of the molecule is CC1CCCCN1CCCNS(=O)(=O)c1ncn(C)c1Cl. The third kappa shape index (κ3) is 4.18. The van der Waals surface area contributed by atoms with E-state index in [2.05, 4.69) is 21.5 Å². The lowest BCUT2D eigenvalue weighted by molar-refractivity contribution is 0.159. The molecular formula is C13H23ClN4O2S. The molecule has 1 fully saturated rings. The summed E-state index contributed by atoms with van der Waals surface area (Å²) in [6.07, 6.45) is 5.94. The summed E-state index contributed by atoms with van der Waals surface area (Å²) in [5.41, 5.74) is 0. The number of aromatic nitrogens is 2. The van der Waals surface area contributed by atoms with Crippen molar-refractivity contribution in [3.8, 4) is 0 Å². The van der Waals surface area contributed by atoms with E-state index in [0.29, 0.717) is 12.6 Å². The van der Waals surface area contributed by atoms with Crippen LogP contribution in [0.4, 0.5) is 0 Å². The first-order chi connectivity index (χ1) is 9.92. The molecule has 0 amide bonds. The van der Waals surface area contributed by atoms with E-state index in [1.165, 1.54) is 30.2 Å². The van der Waals surface area contributed by atoms with Gasteiger partial charge in [0.25, 0.3) is 10.0 Å². The Labute approximate surface area is 131 Å². The van der Waals surface area contributed by atoms with Crippen LogP contribution in [0.2, 0.25) is 5.15 Å². The molecule has 0 spiro atoms. The molecule has 0 radical (unpaired) electrons. The van der Waals surface area contributed by atoms with Crippen LogP contribution < -0.4 is 4.72 Å². The molecule has 1 N–H and O–H groups in total. The number of hydrogen-bond donors (Lipinski definition) is 1. The number of halogens is 1. The molecule has 1 aromatic rings. The highest BCUT2D eigenvalue weighted by molar-refractivity contribution is 7.89. The molecule has 1 aliphatic heterocycles. The maximum atomic E-state index is 12.1. The van der Waals surface area contributed by atoms with Gasteiger partial charge in [-0.2, -0.15) is 0 Å². The van der Waals surface area contributed by atoms with Crippen molar-refractivity contribution in [2.45, 2.75) is 43.7 Å². The van der Waals surface area contributed by atoms with Crippen molar-refractivity contribution >= 4 is 21.6 Å². The van der Waals surface area contributed by atoms with Crippen molar-refractivity contribution in [3.63, 3.8) is 0 Å². The van der Waals surface area contributed by atoms with Crippen molar-refractivity contribution in [2.75, 3.05) is 19.6 Å². The molecule has 0 aliphatic carbocycles. The molecule has 0 saturated carbocycles. The molecule has 1 saturated heterocycles. The highest BCUT2D eigenvalue weighted by atomic mass is 35.5. The van der Waals surface area contributed by atoms with E-state index >= 15 is 0 Å². The third-order valence-electron chi connectivity index (χ3n) is 3.94. The van der Waals surface area contributed by atoms with Crippen LogP contribution in [0.25, 0.3) is 0 Å². The van der Waals surface area contributed by atoms with Crippen molar-refractivity contribution in [3.05, 3.63) is 11.5 Å². The Bertz CT molecular complexity index is 573. The van der Waals surface area contributed by atoms with Gasteiger partial charge in [-0.25, -0.2) is 18.1 Å². The molecule has 120 valence electrons. The summed E-state index contributed by atoms with van der Waals surface area (Å²) in [5, 5.41) is 0.0326. The summed E-state index contributed by atoms with van der Waals surface area (Å²) in [6.45, 7) is 4.66. The third-order valence-corrected chi connectivity index (χ3v) is 5.89. The lowest BCUT2D eigenvalue weighted by atomic mass is 10.0. The zero-order valence-electron chi connectivity index (χ0n) is 12.5.